The maximum atomic E-state index is 15.8. The number of halogens is 1. The normalized spacial score (nSPS) is 12.5. The van der Waals surface area contributed by atoms with Crippen molar-refractivity contribution in [2.24, 2.45) is 5.92 Å². The molecule has 4 aromatic rings. The van der Waals surface area contributed by atoms with Crippen molar-refractivity contribution < 1.29 is 23.5 Å². The summed E-state index contributed by atoms with van der Waals surface area (Å²) < 4.78 is 28.2. The quantitative estimate of drug-likeness (QED) is 0.169. The topological polar surface area (TPSA) is 82.9 Å². The van der Waals surface area contributed by atoms with E-state index in [1.165, 1.54) is 12.1 Å². The maximum absolute atomic E-state index is 15.8. The van der Waals surface area contributed by atoms with Crippen LogP contribution in [0.4, 0.5) is 9.18 Å². The molecule has 218 valence electrons. The minimum absolute atomic E-state index is 0.188. The summed E-state index contributed by atoms with van der Waals surface area (Å²) in [5.74, 6) is 0.0816. The number of hydrogen-bond donors (Lipinski definition) is 0. The summed E-state index contributed by atoms with van der Waals surface area (Å²) in [6.45, 7) is 13.1. The lowest BCUT2D eigenvalue weighted by Gasteiger charge is -2.31. The van der Waals surface area contributed by atoms with Crippen LogP contribution in [0.15, 0.2) is 53.5 Å². The van der Waals surface area contributed by atoms with Crippen LogP contribution in [0.3, 0.4) is 0 Å². The van der Waals surface area contributed by atoms with Gasteiger partial charge >= 0.3 is 6.09 Å². The fourth-order valence-corrected chi connectivity index (χ4v) is 4.93. The average Bonchev–Trinajstić information content (AvgIpc) is 2.88. The fraction of sp³-hybridized carbons (Fsp3) is 0.406. The highest BCUT2D eigenvalue weighted by atomic mass is 19.1. The van der Waals surface area contributed by atoms with E-state index in [-0.39, 0.29) is 23.8 Å². The lowest BCUT2D eigenvalue weighted by atomic mass is 10.0. The number of rotatable bonds is 8. The van der Waals surface area contributed by atoms with E-state index in [0.717, 1.165) is 10.6 Å². The number of aromatic nitrogens is 2. The second kappa shape index (κ2) is 11.8. The lowest BCUT2D eigenvalue weighted by Crippen LogP contribution is -2.45. The third kappa shape index (κ3) is 6.61. The Morgan fingerprint density at radius 3 is 2.37 bits per heavy atom. The van der Waals surface area contributed by atoms with Gasteiger partial charge in [-0.15, -0.1) is 5.06 Å². The molecule has 0 saturated carbocycles. The third-order valence-corrected chi connectivity index (χ3v) is 6.71. The number of hydrogen-bond acceptors (Lipinski definition) is 6. The molecular weight excluding hydrogens is 525 g/mol. The van der Waals surface area contributed by atoms with Gasteiger partial charge in [-0.1, -0.05) is 26.0 Å². The van der Waals surface area contributed by atoms with Crippen molar-refractivity contribution in [3.05, 3.63) is 76.1 Å². The first-order valence-corrected chi connectivity index (χ1v) is 13.7. The fourth-order valence-electron chi connectivity index (χ4n) is 4.93. The van der Waals surface area contributed by atoms with Crippen molar-refractivity contribution in [1.82, 2.24) is 14.6 Å². The van der Waals surface area contributed by atoms with Crippen LogP contribution in [-0.4, -0.2) is 39.5 Å². The first-order chi connectivity index (χ1) is 19.3. The molecule has 9 heteroatoms. The predicted molar refractivity (Wildman–Crippen MR) is 158 cm³/mol. The van der Waals surface area contributed by atoms with Crippen LogP contribution in [0.2, 0.25) is 0 Å². The molecule has 4 rings (SSSR count). The number of methoxy groups -OCH3 is 1. The van der Waals surface area contributed by atoms with Crippen LogP contribution >= 0.6 is 0 Å². The monoisotopic (exact) mass is 563 g/mol. The molecule has 41 heavy (non-hydrogen) atoms. The van der Waals surface area contributed by atoms with Gasteiger partial charge in [0.25, 0.3) is 5.56 Å². The van der Waals surface area contributed by atoms with Crippen molar-refractivity contribution in [3.63, 3.8) is 0 Å². The second-order valence-electron chi connectivity index (χ2n) is 11.7. The van der Waals surface area contributed by atoms with Gasteiger partial charge < -0.3 is 18.9 Å². The van der Waals surface area contributed by atoms with Crippen LogP contribution in [-0.2, 0) is 11.3 Å². The van der Waals surface area contributed by atoms with Gasteiger partial charge in [-0.3, -0.25) is 9.78 Å². The van der Waals surface area contributed by atoms with E-state index in [4.69, 9.17) is 14.3 Å². The smallest absolute Gasteiger partial charge is 0.443 e. The Kier molecular flexibility index (Phi) is 8.56. The molecule has 0 fully saturated rings. The van der Waals surface area contributed by atoms with Gasteiger partial charge in [0, 0.05) is 17.6 Å². The van der Waals surface area contributed by atoms with Gasteiger partial charge in [0.15, 0.2) is 11.6 Å². The number of fused-ring (bicyclic) bond motifs is 3. The van der Waals surface area contributed by atoms with Gasteiger partial charge in [0.1, 0.15) is 11.4 Å². The molecule has 0 bridgehead atoms. The van der Waals surface area contributed by atoms with Gasteiger partial charge in [-0.2, -0.15) is 0 Å². The molecule has 8 nitrogen and oxygen atoms in total. The Balaban J connectivity index is 1.90. The van der Waals surface area contributed by atoms with Crippen LogP contribution in [0.1, 0.15) is 59.2 Å². The number of carbonyl (C=O) groups excluding carboxylic acids is 1. The Bertz CT molecular complexity index is 1620. The number of benzene rings is 2. The van der Waals surface area contributed by atoms with E-state index in [2.05, 4.69) is 4.98 Å². The highest BCUT2D eigenvalue weighted by Crippen LogP contribution is 2.32. The molecule has 1 atom stereocenters. The van der Waals surface area contributed by atoms with Crippen molar-refractivity contribution in [2.45, 2.75) is 73.1 Å². The van der Waals surface area contributed by atoms with E-state index >= 15 is 4.39 Å². The van der Waals surface area contributed by atoms with E-state index in [1.807, 2.05) is 45.0 Å². The summed E-state index contributed by atoms with van der Waals surface area (Å²) >= 11 is 0. The summed E-state index contributed by atoms with van der Waals surface area (Å²) in [6.07, 6.45) is 1.49. The number of aryl methyl sites for hydroxylation is 1. The van der Waals surface area contributed by atoms with Crippen molar-refractivity contribution >= 4 is 27.8 Å². The minimum atomic E-state index is -0.776. The highest BCUT2D eigenvalue weighted by Gasteiger charge is 2.30. The molecular formula is C32H38FN3O5. The van der Waals surface area contributed by atoms with Gasteiger partial charge in [-0.25, -0.2) is 9.18 Å². The van der Waals surface area contributed by atoms with Gasteiger partial charge in [0.2, 0.25) is 0 Å². The van der Waals surface area contributed by atoms with Crippen LogP contribution in [0, 0.1) is 18.7 Å². The largest absolute Gasteiger partial charge is 0.497 e. The molecule has 0 radical (unpaired) electrons. The molecule has 0 spiro atoms. The Morgan fingerprint density at radius 1 is 1.07 bits per heavy atom. The minimum Gasteiger partial charge on any atom is -0.497 e. The first kappa shape index (κ1) is 29.8. The summed E-state index contributed by atoms with van der Waals surface area (Å²) in [5, 5.41) is 2.62. The molecule has 2 heterocycles. The first-order valence-electron chi connectivity index (χ1n) is 13.7. The standard InChI is InChI=1S/C32H38FN3O5/c1-19(2)15-20(3)36(31(38)40-32(5,6)7)41-28-17-27-25(16-26(28)33)24-13-14-34-21(4)29(24)30(37)35(27)18-22-9-11-23(39-8)12-10-22/h9-14,16-17,19-20H,15,18H2,1-8H3/t20-/m0/s1. The summed E-state index contributed by atoms with van der Waals surface area (Å²) in [6, 6.07) is 11.5. The molecule has 0 N–H and O–H groups in total. The Labute approximate surface area is 239 Å². The molecule has 0 aliphatic rings. The third-order valence-electron chi connectivity index (χ3n) is 6.71. The van der Waals surface area contributed by atoms with E-state index in [9.17, 15) is 9.59 Å². The summed E-state index contributed by atoms with van der Waals surface area (Å²) in [4.78, 5) is 37.3. The summed E-state index contributed by atoms with van der Waals surface area (Å²) in [5.41, 5.74) is 0.826. The van der Waals surface area contributed by atoms with Crippen LogP contribution < -0.4 is 15.1 Å². The van der Waals surface area contributed by atoms with Crippen molar-refractivity contribution in [1.29, 1.82) is 0 Å². The van der Waals surface area contributed by atoms with Gasteiger partial charge in [-0.05, 0) is 82.2 Å². The SMILES string of the molecule is COc1ccc(Cn2c(=O)c3c(C)nccc3c3cc(F)c(ON(C(=O)OC(C)(C)C)[C@@H](C)CC(C)C)cc32)cc1. The Hall–Kier alpha value is -4.14. The highest BCUT2D eigenvalue weighted by molar-refractivity contribution is 6.06. The predicted octanol–water partition coefficient (Wildman–Crippen LogP) is 7.02. The van der Waals surface area contributed by atoms with E-state index < -0.39 is 23.6 Å². The number of nitrogens with zero attached hydrogens (tertiary/aromatic N) is 3. The maximum Gasteiger partial charge on any atom is 0.443 e. The lowest BCUT2D eigenvalue weighted by molar-refractivity contribution is -0.0983. The molecule has 2 aromatic heterocycles. The molecule has 0 aliphatic heterocycles. The summed E-state index contributed by atoms with van der Waals surface area (Å²) in [7, 11) is 1.59. The molecule has 0 saturated heterocycles. The van der Waals surface area contributed by atoms with Crippen LogP contribution in [0.25, 0.3) is 21.7 Å². The number of carbonyl (C=O) groups is 1. The van der Waals surface area contributed by atoms with Gasteiger partial charge in [0.05, 0.1) is 36.3 Å². The average molecular weight is 564 g/mol. The van der Waals surface area contributed by atoms with E-state index in [0.29, 0.717) is 39.5 Å². The number of pyridine rings is 2. The zero-order chi connectivity index (χ0) is 30.1. The molecule has 2 aromatic carbocycles. The van der Waals surface area contributed by atoms with Crippen molar-refractivity contribution in [2.75, 3.05) is 7.11 Å². The Morgan fingerprint density at radius 2 is 1.76 bits per heavy atom. The molecule has 1 amide bonds. The zero-order valence-electron chi connectivity index (χ0n) is 24.9. The van der Waals surface area contributed by atoms with Crippen molar-refractivity contribution in [3.8, 4) is 11.5 Å². The zero-order valence-corrected chi connectivity index (χ0v) is 24.9. The molecule has 0 aliphatic carbocycles. The number of amides is 1. The second-order valence-corrected chi connectivity index (χ2v) is 11.7. The number of ether oxygens (including phenoxy) is 2. The number of hydroxylamine groups is 2. The molecule has 0 unspecified atom stereocenters. The van der Waals surface area contributed by atoms with Crippen LogP contribution in [0.5, 0.6) is 11.5 Å². The van der Waals surface area contributed by atoms with E-state index in [1.54, 1.807) is 51.6 Å².